The van der Waals surface area contributed by atoms with Crippen LogP contribution in [0.2, 0.25) is 0 Å². The third-order valence-corrected chi connectivity index (χ3v) is 5.33. The van der Waals surface area contributed by atoms with Gasteiger partial charge in [-0.1, -0.05) is 0 Å². The van der Waals surface area contributed by atoms with E-state index in [1.165, 1.54) is 12.4 Å². The Morgan fingerprint density at radius 3 is 2.77 bits per heavy atom. The lowest BCUT2D eigenvalue weighted by molar-refractivity contribution is -0.116. The van der Waals surface area contributed by atoms with Gasteiger partial charge in [-0.05, 0) is 49.6 Å². The average Bonchev–Trinajstić information content (AvgIpc) is 3.36. The Hall–Kier alpha value is -3.75. The summed E-state index contributed by atoms with van der Waals surface area (Å²) in [6.45, 7) is 3.90. The minimum Gasteiger partial charge on any atom is -0.479 e. The molecule has 0 aliphatic carbocycles. The summed E-state index contributed by atoms with van der Waals surface area (Å²) in [5.41, 5.74) is 4.34. The molecule has 1 aromatic carbocycles. The molecule has 1 amide bonds. The highest BCUT2D eigenvalue weighted by molar-refractivity contribution is 5.91. The molecule has 0 saturated heterocycles. The topological polar surface area (TPSA) is 86.9 Å². The molecule has 0 atom stereocenters. The molecule has 4 aromatic rings. The van der Waals surface area contributed by atoms with Crippen LogP contribution in [0.5, 0.6) is 5.88 Å². The largest absolute Gasteiger partial charge is 0.479 e. The number of imidazole rings is 1. The number of carbonyl (C=O) groups is 1. The fraction of sp³-hybridized carbons (Fsp3) is 0.273. The monoisotopic (exact) mass is 422 g/mol. The molecule has 3 aromatic heterocycles. The summed E-state index contributed by atoms with van der Waals surface area (Å²) >= 11 is 0. The number of amides is 1. The second kappa shape index (κ2) is 8.17. The number of ether oxygens (including phenoxy) is 1. The Balaban J connectivity index is 1.49. The Bertz CT molecular complexity index is 1260. The van der Waals surface area contributed by atoms with Gasteiger partial charge in [0.05, 0.1) is 24.5 Å². The number of anilines is 1. The molecule has 9 heteroatoms. The van der Waals surface area contributed by atoms with E-state index in [1.807, 2.05) is 20.9 Å². The van der Waals surface area contributed by atoms with E-state index in [0.29, 0.717) is 23.7 Å². The first-order chi connectivity index (χ1) is 14.9. The van der Waals surface area contributed by atoms with Crippen LogP contribution < -0.4 is 10.1 Å². The third-order valence-electron chi connectivity index (χ3n) is 5.33. The summed E-state index contributed by atoms with van der Waals surface area (Å²) in [4.78, 5) is 21.1. The van der Waals surface area contributed by atoms with Crippen LogP contribution in [0.4, 0.5) is 10.1 Å². The number of halogens is 1. The fourth-order valence-electron chi connectivity index (χ4n) is 3.76. The molecule has 0 fully saturated rings. The molecule has 4 rings (SSSR count). The van der Waals surface area contributed by atoms with Crippen molar-refractivity contribution < 1.29 is 13.9 Å². The molecule has 0 aliphatic rings. The van der Waals surface area contributed by atoms with Crippen LogP contribution >= 0.6 is 0 Å². The van der Waals surface area contributed by atoms with Crippen molar-refractivity contribution in [3.63, 3.8) is 0 Å². The smallest absolute Gasteiger partial charge is 0.242 e. The average molecular weight is 422 g/mol. The Morgan fingerprint density at radius 2 is 2.10 bits per heavy atom. The van der Waals surface area contributed by atoms with Crippen LogP contribution in [0.15, 0.2) is 36.9 Å². The van der Waals surface area contributed by atoms with Crippen LogP contribution in [0, 0.1) is 19.7 Å². The number of nitrogens with zero attached hydrogens (tertiary/aromatic N) is 5. The molecule has 0 aliphatic heterocycles. The lowest BCUT2D eigenvalue weighted by Crippen LogP contribution is -2.14. The maximum atomic E-state index is 14.4. The SMILES string of the molecule is COc1nn(C)c2nc(C)c(CCC(=O)Nc3ccc(-n4ccnc4)c(F)c3)c(C)c12. The maximum absolute atomic E-state index is 14.4. The van der Waals surface area contributed by atoms with Crippen molar-refractivity contribution in [3.8, 4) is 11.6 Å². The number of nitrogens with one attached hydrogen (secondary N) is 1. The minimum atomic E-state index is -0.444. The zero-order valence-corrected chi connectivity index (χ0v) is 17.8. The number of aromatic nitrogens is 5. The van der Waals surface area contributed by atoms with E-state index in [-0.39, 0.29) is 12.3 Å². The van der Waals surface area contributed by atoms with E-state index in [4.69, 9.17) is 4.74 Å². The molecule has 0 saturated carbocycles. The number of fused-ring (bicyclic) bond motifs is 1. The second-order valence-corrected chi connectivity index (χ2v) is 7.32. The van der Waals surface area contributed by atoms with Crippen molar-refractivity contribution in [2.45, 2.75) is 26.7 Å². The van der Waals surface area contributed by atoms with Gasteiger partial charge in [0, 0.05) is 37.2 Å². The molecular formula is C22H23FN6O2. The first-order valence-corrected chi connectivity index (χ1v) is 9.83. The highest BCUT2D eigenvalue weighted by Crippen LogP contribution is 2.30. The molecule has 3 heterocycles. The predicted molar refractivity (Wildman–Crippen MR) is 115 cm³/mol. The first-order valence-electron chi connectivity index (χ1n) is 9.83. The number of hydrogen-bond acceptors (Lipinski definition) is 5. The number of carbonyl (C=O) groups excluding carboxylic acids is 1. The van der Waals surface area contributed by atoms with E-state index in [0.717, 1.165) is 27.9 Å². The zero-order chi connectivity index (χ0) is 22.1. The van der Waals surface area contributed by atoms with Gasteiger partial charge in [-0.15, -0.1) is 5.10 Å². The van der Waals surface area contributed by atoms with E-state index in [2.05, 4.69) is 20.4 Å². The van der Waals surface area contributed by atoms with Crippen LogP contribution in [-0.2, 0) is 18.3 Å². The van der Waals surface area contributed by atoms with Gasteiger partial charge < -0.3 is 14.6 Å². The van der Waals surface area contributed by atoms with Crippen molar-refractivity contribution in [3.05, 3.63) is 59.6 Å². The molecule has 0 radical (unpaired) electrons. The van der Waals surface area contributed by atoms with Gasteiger partial charge in [-0.2, -0.15) is 0 Å². The normalized spacial score (nSPS) is 11.1. The number of pyridine rings is 1. The molecule has 1 N–H and O–H groups in total. The number of aryl methyl sites for hydroxylation is 3. The summed E-state index contributed by atoms with van der Waals surface area (Å²) < 4.78 is 23.1. The summed E-state index contributed by atoms with van der Waals surface area (Å²) in [5.74, 6) is -0.130. The molecular weight excluding hydrogens is 399 g/mol. The number of methoxy groups -OCH3 is 1. The van der Waals surface area contributed by atoms with Gasteiger partial charge in [0.15, 0.2) is 5.65 Å². The van der Waals surface area contributed by atoms with E-state index < -0.39 is 5.82 Å². The highest BCUT2D eigenvalue weighted by atomic mass is 19.1. The van der Waals surface area contributed by atoms with Gasteiger partial charge in [0.1, 0.15) is 5.82 Å². The number of benzene rings is 1. The van der Waals surface area contributed by atoms with Crippen LogP contribution in [-0.4, -0.2) is 37.3 Å². The second-order valence-electron chi connectivity index (χ2n) is 7.32. The van der Waals surface area contributed by atoms with Crippen molar-refractivity contribution in [1.82, 2.24) is 24.3 Å². The standard InChI is InChI=1S/C22H23FN6O2/c1-13-16(14(2)25-21-20(13)22(31-4)27-28(21)3)6-8-19(30)26-15-5-7-18(17(23)11-15)29-10-9-24-12-29/h5,7,9-12H,6,8H2,1-4H3,(H,26,30). The van der Waals surface area contributed by atoms with Crippen molar-refractivity contribution in [1.29, 1.82) is 0 Å². The summed E-state index contributed by atoms with van der Waals surface area (Å²) in [6.07, 6.45) is 5.49. The molecule has 0 spiro atoms. The van der Waals surface area contributed by atoms with Gasteiger partial charge >= 0.3 is 0 Å². The molecule has 160 valence electrons. The molecule has 31 heavy (non-hydrogen) atoms. The number of hydrogen-bond donors (Lipinski definition) is 1. The first kappa shape index (κ1) is 20.5. The highest BCUT2D eigenvalue weighted by Gasteiger charge is 2.18. The van der Waals surface area contributed by atoms with E-state index in [1.54, 1.807) is 40.9 Å². The van der Waals surface area contributed by atoms with Crippen molar-refractivity contribution in [2.24, 2.45) is 7.05 Å². The van der Waals surface area contributed by atoms with Crippen molar-refractivity contribution in [2.75, 3.05) is 12.4 Å². The number of rotatable bonds is 6. The molecule has 0 bridgehead atoms. The Morgan fingerprint density at radius 1 is 1.29 bits per heavy atom. The van der Waals surface area contributed by atoms with Gasteiger partial charge in [-0.3, -0.25) is 4.79 Å². The van der Waals surface area contributed by atoms with E-state index >= 15 is 0 Å². The van der Waals surface area contributed by atoms with Crippen LogP contribution in [0.25, 0.3) is 16.7 Å². The summed E-state index contributed by atoms with van der Waals surface area (Å²) in [5, 5.41) is 7.96. The van der Waals surface area contributed by atoms with E-state index in [9.17, 15) is 9.18 Å². The lowest BCUT2D eigenvalue weighted by atomic mass is 10.00. The fourth-order valence-corrected chi connectivity index (χ4v) is 3.76. The summed E-state index contributed by atoms with van der Waals surface area (Å²) in [7, 11) is 3.40. The van der Waals surface area contributed by atoms with Crippen LogP contribution in [0.1, 0.15) is 23.2 Å². The minimum absolute atomic E-state index is 0.202. The van der Waals surface area contributed by atoms with Crippen LogP contribution in [0.3, 0.4) is 0 Å². The lowest BCUT2D eigenvalue weighted by Gasteiger charge is -2.12. The molecule has 0 unspecified atom stereocenters. The Kier molecular flexibility index (Phi) is 5.41. The quantitative estimate of drug-likeness (QED) is 0.514. The Labute approximate surface area is 178 Å². The van der Waals surface area contributed by atoms with Crippen molar-refractivity contribution >= 4 is 22.6 Å². The summed E-state index contributed by atoms with van der Waals surface area (Å²) in [6, 6.07) is 4.58. The zero-order valence-electron chi connectivity index (χ0n) is 17.8. The third kappa shape index (κ3) is 3.86. The predicted octanol–water partition coefficient (Wildman–Crippen LogP) is 3.49. The molecule has 8 nitrogen and oxygen atoms in total. The van der Waals surface area contributed by atoms with Gasteiger partial charge in [0.2, 0.25) is 11.8 Å². The maximum Gasteiger partial charge on any atom is 0.242 e. The van der Waals surface area contributed by atoms with Gasteiger partial charge in [-0.25, -0.2) is 19.0 Å². The van der Waals surface area contributed by atoms with Gasteiger partial charge in [0.25, 0.3) is 0 Å².